The minimum Gasteiger partial charge on any atom is -0.477 e. The molecule has 1 aliphatic rings. The number of hydrogen-bond donors (Lipinski definition) is 2. The van der Waals surface area contributed by atoms with Gasteiger partial charge in [0.15, 0.2) is 0 Å². The van der Waals surface area contributed by atoms with Crippen molar-refractivity contribution < 1.29 is 9.90 Å². The van der Waals surface area contributed by atoms with Gasteiger partial charge in [0.1, 0.15) is 4.88 Å². The average Bonchev–Trinajstić information content (AvgIpc) is 2.86. The molecule has 110 valence electrons. The van der Waals surface area contributed by atoms with E-state index in [4.69, 9.17) is 5.11 Å². The van der Waals surface area contributed by atoms with Gasteiger partial charge in [-0.15, -0.1) is 11.3 Å². The Bertz CT molecular complexity index is 663. The standard InChI is InChI=1S/C17H19NO2S/c1-11-14(9-16(21-11)17(19)20)10-18-15-7-6-12-4-2-3-5-13(12)8-15/h2-5,9,15,18H,6-8,10H2,1H3,(H,19,20). The summed E-state index contributed by atoms with van der Waals surface area (Å²) in [7, 11) is 0. The Morgan fingerprint density at radius 2 is 2.14 bits per heavy atom. The highest BCUT2D eigenvalue weighted by molar-refractivity contribution is 7.14. The van der Waals surface area contributed by atoms with Crippen molar-refractivity contribution >= 4 is 17.3 Å². The molecule has 0 spiro atoms. The molecule has 4 heteroatoms. The zero-order valence-electron chi connectivity index (χ0n) is 12.1. The Morgan fingerprint density at radius 3 is 2.86 bits per heavy atom. The topological polar surface area (TPSA) is 49.3 Å². The van der Waals surface area contributed by atoms with Crippen molar-refractivity contribution in [2.75, 3.05) is 0 Å². The maximum Gasteiger partial charge on any atom is 0.345 e. The van der Waals surface area contributed by atoms with Crippen LogP contribution in [0.15, 0.2) is 30.3 Å². The summed E-state index contributed by atoms with van der Waals surface area (Å²) in [6.07, 6.45) is 3.33. The number of thiophene rings is 1. The molecule has 2 aromatic rings. The largest absolute Gasteiger partial charge is 0.477 e. The predicted molar refractivity (Wildman–Crippen MR) is 85.1 cm³/mol. The number of carboxylic acid groups (broad SMARTS) is 1. The molecule has 0 amide bonds. The third-order valence-electron chi connectivity index (χ3n) is 4.16. The summed E-state index contributed by atoms with van der Waals surface area (Å²) in [5, 5.41) is 12.6. The van der Waals surface area contributed by atoms with Crippen LogP contribution in [0, 0.1) is 6.92 Å². The molecule has 2 N–H and O–H groups in total. The summed E-state index contributed by atoms with van der Waals surface area (Å²) in [6, 6.07) is 10.9. The van der Waals surface area contributed by atoms with E-state index >= 15 is 0 Å². The van der Waals surface area contributed by atoms with Gasteiger partial charge >= 0.3 is 5.97 Å². The number of carbonyl (C=O) groups is 1. The fraction of sp³-hybridized carbons (Fsp3) is 0.353. The minimum atomic E-state index is -0.832. The molecule has 3 rings (SSSR count). The second-order valence-electron chi connectivity index (χ2n) is 5.59. The molecule has 1 unspecified atom stereocenters. The Kier molecular flexibility index (Phi) is 4.08. The van der Waals surface area contributed by atoms with Gasteiger partial charge in [0.25, 0.3) is 0 Å². The van der Waals surface area contributed by atoms with Crippen molar-refractivity contribution in [1.29, 1.82) is 0 Å². The normalized spacial score (nSPS) is 17.5. The Hall–Kier alpha value is -1.65. The second kappa shape index (κ2) is 6.00. The van der Waals surface area contributed by atoms with Gasteiger partial charge in [0, 0.05) is 17.5 Å². The fourth-order valence-electron chi connectivity index (χ4n) is 2.93. The number of rotatable bonds is 4. The SMILES string of the molecule is Cc1sc(C(=O)O)cc1CNC1CCc2ccccc2C1. The van der Waals surface area contributed by atoms with Crippen molar-refractivity contribution in [3.05, 3.63) is 56.8 Å². The van der Waals surface area contributed by atoms with E-state index in [-0.39, 0.29) is 0 Å². The van der Waals surface area contributed by atoms with E-state index in [1.165, 1.54) is 22.5 Å². The van der Waals surface area contributed by atoms with Crippen LogP contribution in [0.2, 0.25) is 0 Å². The first-order chi connectivity index (χ1) is 10.1. The molecule has 21 heavy (non-hydrogen) atoms. The van der Waals surface area contributed by atoms with E-state index in [9.17, 15) is 4.79 Å². The third kappa shape index (κ3) is 3.17. The number of aryl methyl sites for hydroxylation is 2. The van der Waals surface area contributed by atoms with E-state index in [0.717, 1.165) is 36.2 Å². The molecule has 0 fully saturated rings. The summed E-state index contributed by atoms with van der Waals surface area (Å²) in [4.78, 5) is 12.5. The first kappa shape index (κ1) is 14.3. The number of fused-ring (bicyclic) bond motifs is 1. The lowest BCUT2D eigenvalue weighted by Gasteiger charge is -2.25. The molecule has 1 heterocycles. The smallest absolute Gasteiger partial charge is 0.345 e. The summed E-state index contributed by atoms with van der Waals surface area (Å²) in [6.45, 7) is 2.74. The third-order valence-corrected chi connectivity index (χ3v) is 5.24. The monoisotopic (exact) mass is 301 g/mol. The highest BCUT2D eigenvalue weighted by Crippen LogP contribution is 2.24. The summed E-state index contributed by atoms with van der Waals surface area (Å²) in [5.74, 6) is -0.832. The van der Waals surface area contributed by atoms with Crippen molar-refractivity contribution in [2.45, 2.75) is 38.8 Å². The van der Waals surface area contributed by atoms with Crippen molar-refractivity contribution in [1.82, 2.24) is 5.32 Å². The van der Waals surface area contributed by atoms with Crippen molar-refractivity contribution in [3.8, 4) is 0 Å². The van der Waals surface area contributed by atoms with Crippen LogP contribution in [-0.4, -0.2) is 17.1 Å². The maximum absolute atomic E-state index is 11.0. The lowest BCUT2D eigenvalue weighted by molar-refractivity contribution is 0.0702. The number of carboxylic acids is 1. The highest BCUT2D eigenvalue weighted by Gasteiger charge is 2.18. The summed E-state index contributed by atoms with van der Waals surface area (Å²) in [5.41, 5.74) is 4.02. The highest BCUT2D eigenvalue weighted by atomic mass is 32.1. The van der Waals surface area contributed by atoms with Gasteiger partial charge in [0.05, 0.1) is 0 Å². The van der Waals surface area contributed by atoms with Gasteiger partial charge in [-0.05, 0) is 48.9 Å². The zero-order valence-corrected chi connectivity index (χ0v) is 12.9. The van der Waals surface area contributed by atoms with Crippen LogP contribution in [-0.2, 0) is 19.4 Å². The molecule has 3 nitrogen and oxygen atoms in total. The molecule has 0 bridgehead atoms. The summed E-state index contributed by atoms with van der Waals surface area (Å²) >= 11 is 1.36. The predicted octanol–water partition coefficient (Wildman–Crippen LogP) is 3.40. The molecule has 1 aromatic carbocycles. The molecule has 1 aromatic heterocycles. The molecule has 1 aliphatic carbocycles. The number of benzene rings is 1. The van der Waals surface area contributed by atoms with Crippen LogP contribution >= 0.6 is 11.3 Å². The van der Waals surface area contributed by atoms with Gasteiger partial charge in [0.2, 0.25) is 0 Å². The lowest BCUT2D eigenvalue weighted by atomic mass is 9.88. The van der Waals surface area contributed by atoms with E-state index < -0.39 is 5.97 Å². The van der Waals surface area contributed by atoms with Crippen LogP contribution in [0.4, 0.5) is 0 Å². The van der Waals surface area contributed by atoms with Crippen molar-refractivity contribution in [3.63, 3.8) is 0 Å². The van der Waals surface area contributed by atoms with Gasteiger partial charge in [-0.2, -0.15) is 0 Å². The lowest BCUT2D eigenvalue weighted by Crippen LogP contribution is -2.34. The quantitative estimate of drug-likeness (QED) is 0.910. The van der Waals surface area contributed by atoms with E-state index in [1.807, 2.05) is 6.92 Å². The van der Waals surface area contributed by atoms with E-state index in [1.54, 1.807) is 6.07 Å². The number of aromatic carboxylic acids is 1. The van der Waals surface area contributed by atoms with Crippen LogP contribution in [0.1, 0.15) is 37.7 Å². The molecule has 0 radical (unpaired) electrons. The van der Waals surface area contributed by atoms with Crippen molar-refractivity contribution in [2.24, 2.45) is 0 Å². The van der Waals surface area contributed by atoms with Gasteiger partial charge in [-0.3, -0.25) is 0 Å². The molecule has 1 atom stereocenters. The fourth-order valence-corrected chi connectivity index (χ4v) is 3.81. The maximum atomic E-state index is 11.0. The minimum absolute atomic E-state index is 0.429. The molecule has 0 saturated heterocycles. The van der Waals surface area contributed by atoms with Crippen LogP contribution in [0.3, 0.4) is 0 Å². The Balaban J connectivity index is 1.63. The second-order valence-corrected chi connectivity index (χ2v) is 6.84. The van der Waals surface area contributed by atoms with Crippen LogP contribution in [0.25, 0.3) is 0 Å². The summed E-state index contributed by atoms with van der Waals surface area (Å²) < 4.78 is 0. The van der Waals surface area contributed by atoms with E-state index in [2.05, 4.69) is 29.6 Å². The van der Waals surface area contributed by atoms with Gasteiger partial charge in [-0.25, -0.2) is 4.79 Å². The average molecular weight is 301 g/mol. The first-order valence-corrected chi connectivity index (χ1v) is 8.08. The van der Waals surface area contributed by atoms with E-state index in [0.29, 0.717) is 10.9 Å². The zero-order chi connectivity index (χ0) is 14.8. The molecular formula is C17H19NO2S. The Morgan fingerprint density at radius 1 is 1.38 bits per heavy atom. The van der Waals surface area contributed by atoms with Crippen LogP contribution < -0.4 is 5.32 Å². The number of nitrogens with one attached hydrogen (secondary N) is 1. The van der Waals surface area contributed by atoms with Crippen LogP contribution in [0.5, 0.6) is 0 Å². The first-order valence-electron chi connectivity index (χ1n) is 7.26. The number of hydrogen-bond acceptors (Lipinski definition) is 3. The molecule has 0 saturated carbocycles. The Labute approximate surface area is 128 Å². The molecule has 0 aliphatic heterocycles. The van der Waals surface area contributed by atoms with Gasteiger partial charge in [-0.1, -0.05) is 24.3 Å². The molecular weight excluding hydrogens is 282 g/mol. The van der Waals surface area contributed by atoms with Gasteiger partial charge < -0.3 is 10.4 Å².